The van der Waals surface area contributed by atoms with E-state index in [0.717, 1.165) is 0 Å². The molecule has 1 aromatic rings. The van der Waals surface area contributed by atoms with Gasteiger partial charge in [-0.05, 0) is 66.4 Å². The molecule has 1 aromatic carbocycles. The fraction of sp³-hybridized carbons (Fsp3) is 0.643. The minimum atomic E-state index is -0.994. The maximum atomic E-state index is 14.1. The molecule has 0 aromatic heterocycles. The van der Waals surface area contributed by atoms with Crippen molar-refractivity contribution in [2.24, 2.45) is 5.92 Å². The highest BCUT2D eigenvalue weighted by molar-refractivity contribution is 5.92. The third kappa shape index (κ3) is 11.2. The van der Waals surface area contributed by atoms with Crippen LogP contribution in [0.1, 0.15) is 86.8 Å². The van der Waals surface area contributed by atoms with Gasteiger partial charge < -0.3 is 25.0 Å². The van der Waals surface area contributed by atoms with Gasteiger partial charge in [-0.3, -0.25) is 14.4 Å². The molecule has 0 heterocycles. The molecule has 0 aliphatic rings. The lowest BCUT2D eigenvalue weighted by molar-refractivity contribution is -0.149. The van der Waals surface area contributed by atoms with Crippen molar-refractivity contribution >= 4 is 23.9 Å². The molecule has 9 heteroatoms. The van der Waals surface area contributed by atoms with Crippen molar-refractivity contribution < 1.29 is 28.7 Å². The zero-order valence-electron chi connectivity index (χ0n) is 23.8. The van der Waals surface area contributed by atoms with Crippen LogP contribution in [0.4, 0.5) is 4.79 Å². The van der Waals surface area contributed by atoms with Gasteiger partial charge in [0.1, 0.15) is 17.7 Å². The molecule has 0 fully saturated rings. The summed E-state index contributed by atoms with van der Waals surface area (Å²) in [5.41, 5.74) is -0.911. The monoisotopic (exact) mass is 519 g/mol. The largest absolute Gasteiger partial charge is 0.466 e. The van der Waals surface area contributed by atoms with Gasteiger partial charge in [-0.25, -0.2) is 4.79 Å². The van der Waals surface area contributed by atoms with Crippen LogP contribution in [0.15, 0.2) is 30.3 Å². The van der Waals surface area contributed by atoms with Crippen molar-refractivity contribution in [1.82, 2.24) is 15.5 Å². The van der Waals surface area contributed by atoms with Crippen LogP contribution in [0.2, 0.25) is 0 Å². The Morgan fingerprint density at radius 3 is 2.05 bits per heavy atom. The van der Waals surface area contributed by atoms with Crippen molar-refractivity contribution in [3.8, 4) is 0 Å². The average molecular weight is 520 g/mol. The molecular formula is C28H45N3O6. The zero-order valence-corrected chi connectivity index (χ0v) is 23.8. The van der Waals surface area contributed by atoms with E-state index < -0.39 is 47.1 Å². The molecule has 2 N–H and O–H groups in total. The number of benzene rings is 1. The summed E-state index contributed by atoms with van der Waals surface area (Å²) in [6, 6.07) is 7.07. The summed E-state index contributed by atoms with van der Waals surface area (Å²) in [5.74, 6) is -1.17. The highest BCUT2D eigenvalue weighted by Gasteiger charge is 2.42. The van der Waals surface area contributed by atoms with Gasteiger partial charge in [-0.2, -0.15) is 0 Å². The molecule has 1 rings (SSSR count). The molecule has 9 nitrogen and oxygen atoms in total. The number of nitrogens with zero attached hydrogens (tertiary/aromatic N) is 1. The number of alkyl carbamates (subject to hydrolysis) is 1. The Bertz CT molecular complexity index is 903. The topological polar surface area (TPSA) is 114 Å². The Morgan fingerprint density at radius 1 is 0.973 bits per heavy atom. The lowest BCUT2D eigenvalue weighted by Crippen LogP contribution is -2.59. The van der Waals surface area contributed by atoms with E-state index in [9.17, 15) is 19.2 Å². The van der Waals surface area contributed by atoms with E-state index in [1.165, 1.54) is 4.90 Å². The van der Waals surface area contributed by atoms with Crippen LogP contribution in [0.25, 0.3) is 0 Å². The van der Waals surface area contributed by atoms with Crippen LogP contribution >= 0.6 is 0 Å². The molecule has 0 saturated heterocycles. The first-order valence-electron chi connectivity index (χ1n) is 12.9. The van der Waals surface area contributed by atoms with Crippen LogP contribution in [0.3, 0.4) is 0 Å². The van der Waals surface area contributed by atoms with Gasteiger partial charge in [-0.1, -0.05) is 44.2 Å². The molecule has 0 radical (unpaired) electrons. The maximum absolute atomic E-state index is 14.1. The predicted molar refractivity (Wildman–Crippen MR) is 143 cm³/mol. The van der Waals surface area contributed by atoms with Crippen molar-refractivity contribution in [2.75, 3.05) is 13.2 Å². The normalized spacial score (nSPS) is 13.4. The quantitative estimate of drug-likeness (QED) is 0.420. The van der Waals surface area contributed by atoms with Crippen LogP contribution in [-0.2, 0) is 23.9 Å². The molecule has 37 heavy (non-hydrogen) atoms. The molecule has 2 atom stereocenters. The highest BCUT2D eigenvalue weighted by atomic mass is 16.6. The second-order valence-corrected chi connectivity index (χ2v) is 11.4. The summed E-state index contributed by atoms with van der Waals surface area (Å²) >= 11 is 0. The Kier molecular flexibility index (Phi) is 12.1. The Labute approximate surface area is 221 Å². The molecule has 0 bridgehead atoms. The summed E-state index contributed by atoms with van der Waals surface area (Å²) in [7, 11) is 0. The van der Waals surface area contributed by atoms with E-state index in [0.29, 0.717) is 12.0 Å². The van der Waals surface area contributed by atoms with Crippen molar-refractivity contribution in [2.45, 2.75) is 98.4 Å². The third-order valence-corrected chi connectivity index (χ3v) is 5.21. The first kappa shape index (κ1) is 31.9. The summed E-state index contributed by atoms with van der Waals surface area (Å²) in [5, 5.41) is 5.51. The number of esters is 1. The van der Waals surface area contributed by atoms with Crippen molar-refractivity contribution in [1.29, 1.82) is 0 Å². The predicted octanol–water partition coefficient (Wildman–Crippen LogP) is 4.36. The highest BCUT2D eigenvalue weighted by Crippen LogP contribution is 2.30. The summed E-state index contributed by atoms with van der Waals surface area (Å²) in [6.45, 7) is 16.7. The molecule has 0 saturated carbocycles. The second kappa shape index (κ2) is 14.0. The lowest BCUT2D eigenvalue weighted by atomic mass is 9.93. The van der Waals surface area contributed by atoms with E-state index in [1.807, 2.05) is 40.7 Å². The van der Waals surface area contributed by atoms with E-state index in [2.05, 4.69) is 10.6 Å². The standard InChI is InChI=1S/C28H45N3O6/c1-10-36-22(32)16-17-29-24(33)23(20-14-12-11-13-15-20)31(27(4,5)6)25(34)21(18-19(2)3)30-26(35)37-28(7,8)9/h11-15,19,21,23H,10,16-18H2,1-9H3,(H,29,33)(H,30,35). The minimum absolute atomic E-state index is 0.0146. The van der Waals surface area contributed by atoms with Gasteiger partial charge in [0, 0.05) is 12.1 Å². The van der Waals surface area contributed by atoms with E-state index >= 15 is 0 Å². The lowest BCUT2D eigenvalue weighted by Gasteiger charge is -2.43. The molecular weight excluding hydrogens is 474 g/mol. The fourth-order valence-corrected chi connectivity index (χ4v) is 3.83. The molecule has 0 aliphatic heterocycles. The second-order valence-electron chi connectivity index (χ2n) is 11.4. The van der Waals surface area contributed by atoms with Gasteiger partial charge >= 0.3 is 12.1 Å². The van der Waals surface area contributed by atoms with Crippen LogP contribution in [0, 0.1) is 5.92 Å². The first-order chi connectivity index (χ1) is 17.1. The number of rotatable bonds is 11. The number of nitrogens with one attached hydrogen (secondary N) is 2. The summed E-state index contributed by atoms with van der Waals surface area (Å²) < 4.78 is 10.4. The number of ether oxygens (including phenoxy) is 2. The maximum Gasteiger partial charge on any atom is 0.408 e. The molecule has 0 aliphatic carbocycles. The number of hydrogen-bond donors (Lipinski definition) is 2. The minimum Gasteiger partial charge on any atom is -0.466 e. The Morgan fingerprint density at radius 2 is 1.57 bits per heavy atom. The third-order valence-electron chi connectivity index (χ3n) is 5.21. The summed E-state index contributed by atoms with van der Waals surface area (Å²) in [6.07, 6.45) is -0.326. The Hall–Kier alpha value is -3.10. The van der Waals surface area contributed by atoms with Crippen molar-refractivity contribution in [3.05, 3.63) is 35.9 Å². The van der Waals surface area contributed by atoms with Gasteiger partial charge in [0.15, 0.2) is 0 Å². The van der Waals surface area contributed by atoms with E-state index in [-0.39, 0.29) is 25.5 Å². The van der Waals surface area contributed by atoms with Gasteiger partial charge in [0.25, 0.3) is 0 Å². The van der Waals surface area contributed by atoms with E-state index in [1.54, 1.807) is 52.0 Å². The van der Waals surface area contributed by atoms with Gasteiger partial charge in [0.2, 0.25) is 11.8 Å². The number of hydrogen-bond acceptors (Lipinski definition) is 6. The van der Waals surface area contributed by atoms with Crippen LogP contribution in [0.5, 0.6) is 0 Å². The Balaban J connectivity index is 3.40. The number of carbonyl (C=O) groups excluding carboxylic acids is 4. The van der Waals surface area contributed by atoms with Gasteiger partial charge in [-0.15, -0.1) is 0 Å². The summed E-state index contributed by atoms with van der Waals surface area (Å²) in [4.78, 5) is 53.6. The molecule has 2 unspecified atom stereocenters. The average Bonchev–Trinajstić information content (AvgIpc) is 2.74. The van der Waals surface area contributed by atoms with Gasteiger partial charge in [0.05, 0.1) is 13.0 Å². The number of carbonyl (C=O) groups is 4. The van der Waals surface area contributed by atoms with Crippen LogP contribution < -0.4 is 10.6 Å². The van der Waals surface area contributed by atoms with E-state index in [4.69, 9.17) is 9.47 Å². The van der Waals surface area contributed by atoms with Crippen molar-refractivity contribution in [3.63, 3.8) is 0 Å². The van der Waals surface area contributed by atoms with Crippen LogP contribution in [-0.4, -0.2) is 59.1 Å². The molecule has 208 valence electrons. The molecule has 0 spiro atoms. The smallest absolute Gasteiger partial charge is 0.408 e. The SMILES string of the molecule is CCOC(=O)CCNC(=O)C(c1ccccc1)N(C(=O)C(CC(C)C)NC(=O)OC(C)(C)C)C(C)(C)C. The fourth-order valence-electron chi connectivity index (χ4n) is 3.83. The molecule has 3 amide bonds. The first-order valence-corrected chi connectivity index (χ1v) is 12.9. The number of amides is 3. The zero-order chi connectivity index (χ0) is 28.4.